The number of nitrogens with zero attached hydrogens (tertiary/aromatic N) is 1. The molecule has 1 aromatic heterocycles. The number of hydrogen-bond acceptors (Lipinski definition) is 1. The number of hydrogen-bond donors (Lipinski definition) is 0. The van der Waals surface area contributed by atoms with Crippen LogP contribution >= 0.6 is 0 Å². The van der Waals surface area contributed by atoms with E-state index in [1.165, 1.54) is 87.6 Å². The Morgan fingerprint density at radius 1 is 0.260 bits per heavy atom. The zero-order chi connectivity index (χ0) is 33.0. The Labute approximate surface area is 290 Å². The Balaban J connectivity index is 1.21. The van der Waals surface area contributed by atoms with Gasteiger partial charge in [0.1, 0.15) is 0 Å². The van der Waals surface area contributed by atoms with Crippen LogP contribution in [0.15, 0.2) is 188 Å². The van der Waals surface area contributed by atoms with E-state index in [1.807, 2.05) is 6.20 Å². The molecule has 1 heteroatoms. The predicted molar refractivity (Wildman–Crippen MR) is 214 cm³/mol. The lowest BCUT2D eigenvalue weighted by Crippen LogP contribution is -1.93. The third kappa shape index (κ3) is 4.37. The Morgan fingerprint density at radius 3 is 1.28 bits per heavy atom. The number of aromatic nitrogens is 1. The highest BCUT2D eigenvalue weighted by molar-refractivity contribution is 6.24. The molecule has 1 heterocycles. The normalized spacial score (nSPS) is 11.6. The fourth-order valence-corrected chi connectivity index (χ4v) is 8.18. The van der Waals surface area contributed by atoms with Crippen LogP contribution in [0.1, 0.15) is 0 Å². The Hall–Kier alpha value is -6.57. The lowest BCUT2D eigenvalue weighted by atomic mass is 9.84. The minimum atomic E-state index is 1.03. The van der Waals surface area contributed by atoms with Crippen molar-refractivity contribution >= 4 is 54.0 Å². The van der Waals surface area contributed by atoms with E-state index in [0.29, 0.717) is 0 Å². The van der Waals surface area contributed by atoms with Crippen molar-refractivity contribution in [2.75, 3.05) is 0 Å². The van der Waals surface area contributed by atoms with Gasteiger partial charge in [-0.25, -0.2) is 0 Å². The van der Waals surface area contributed by atoms with Crippen LogP contribution in [0, 0.1) is 0 Å². The molecule has 0 radical (unpaired) electrons. The van der Waals surface area contributed by atoms with Gasteiger partial charge in [-0.05, 0) is 88.1 Å². The monoisotopic (exact) mass is 633 g/mol. The standard InChI is InChI=1S/C49H31N/c1-2-15-33(16-3-1)47-41-22-9-6-19-38(41)46(44-26-13-31-50-49(44)47)35-29-27-34(28-30-35)45-39-20-7-10-23-42(39)48(43-24-11-8-21-40(43)45)37-25-12-17-32-14-4-5-18-36(32)37/h1-31H. The van der Waals surface area contributed by atoms with E-state index in [2.05, 4.69) is 182 Å². The highest BCUT2D eigenvalue weighted by Crippen LogP contribution is 2.47. The molecule has 9 aromatic carbocycles. The van der Waals surface area contributed by atoms with Gasteiger partial charge in [0.2, 0.25) is 0 Å². The maximum atomic E-state index is 4.98. The quantitative estimate of drug-likeness (QED) is 0.176. The highest BCUT2D eigenvalue weighted by atomic mass is 14.7. The third-order valence-corrected chi connectivity index (χ3v) is 10.3. The van der Waals surface area contributed by atoms with Gasteiger partial charge in [0.25, 0.3) is 0 Å². The molecule has 0 saturated heterocycles. The van der Waals surface area contributed by atoms with Crippen molar-refractivity contribution in [1.82, 2.24) is 4.98 Å². The fourth-order valence-electron chi connectivity index (χ4n) is 8.18. The Morgan fingerprint density at radius 2 is 0.680 bits per heavy atom. The summed E-state index contributed by atoms with van der Waals surface area (Å²) in [4.78, 5) is 4.98. The van der Waals surface area contributed by atoms with Gasteiger partial charge in [0.05, 0.1) is 5.52 Å². The van der Waals surface area contributed by atoms with Crippen molar-refractivity contribution in [3.05, 3.63) is 188 Å². The van der Waals surface area contributed by atoms with Gasteiger partial charge >= 0.3 is 0 Å². The maximum Gasteiger partial charge on any atom is 0.0792 e. The van der Waals surface area contributed by atoms with Gasteiger partial charge in [-0.15, -0.1) is 0 Å². The molecule has 0 amide bonds. The zero-order valence-electron chi connectivity index (χ0n) is 27.3. The first kappa shape index (κ1) is 28.4. The van der Waals surface area contributed by atoms with Crippen LogP contribution in [0.3, 0.4) is 0 Å². The Bertz CT molecular complexity index is 2780. The summed E-state index contributed by atoms with van der Waals surface area (Å²) in [6.45, 7) is 0. The molecular weight excluding hydrogens is 603 g/mol. The van der Waals surface area contributed by atoms with Gasteiger partial charge < -0.3 is 0 Å². The minimum absolute atomic E-state index is 1.03. The summed E-state index contributed by atoms with van der Waals surface area (Å²) < 4.78 is 0. The molecule has 0 aliphatic rings. The summed E-state index contributed by atoms with van der Waals surface area (Å²) in [5.74, 6) is 0. The van der Waals surface area contributed by atoms with E-state index in [4.69, 9.17) is 4.98 Å². The SMILES string of the molecule is c1ccc(-c2c3ccccc3c(-c3ccc(-c4c5ccccc5c(-c5cccc6ccccc56)c5ccccc45)cc3)c3cccnc23)cc1. The molecule has 232 valence electrons. The summed E-state index contributed by atoms with van der Waals surface area (Å²) in [6.07, 6.45) is 1.91. The maximum absolute atomic E-state index is 4.98. The summed E-state index contributed by atoms with van der Waals surface area (Å²) in [6, 6.07) is 66.1. The number of rotatable bonds is 4. The van der Waals surface area contributed by atoms with Gasteiger partial charge in [0, 0.05) is 17.1 Å². The minimum Gasteiger partial charge on any atom is -0.256 e. The van der Waals surface area contributed by atoms with E-state index in [1.54, 1.807) is 0 Å². The second-order valence-corrected chi connectivity index (χ2v) is 13.0. The van der Waals surface area contributed by atoms with E-state index in [0.717, 1.165) is 10.9 Å². The van der Waals surface area contributed by atoms with Crippen molar-refractivity contribution in [1.29, 1.82) is 0 Å². The molecule has 0 spiro atoms. The van der Waals surface area contributed by atoms with Crippen molar-refractivity contribution in [3.8, 4) is 44.5 Å². The van der Waals surface area contributed by atoms with Crippen LogP contribution in [0.2, 0.25) is 0 Å². The van der Waals surface area contributed by atoms with Crippen LogP contribution in [0.4, 0.5) is 0 Å². The van der Waals surface area contributed by atoms with Crippen LogP contribution in [0.25, 0.3) is 98.5 Å². The molecule has 0 atom stereocenters. The molecular formula is C49H31N. The van der Waals surface area contributed by atoms with E-state index in [9.17, 15) is 0 Å². The highest BCUT2D eigenvalue weighted by Gasteiger charge is 2.20. The van der Waals surface area contributed by atoms with Crippen molar-refractivity contribution < 1.29 is 0 Å². The summed E-state index contributed by atoms with van der Waals surface area (Å²) in [5, 5.41) is 11.2. The third-order valence-electron chi connectivity index (χ3n) is 10.3. The molecule has 10 aromatic rings. The molecule has 0 N–H and O–H groups in total. The van der Waals surface area contributed by atoms with E-state index in [-0.39, 0.29) is 0 Å². The zero-order valence-corrected chi connectivity index (χ0v) is 27.3. The first-order valence-electron chi connectivity index (χ1n) is 17.2. The summed E-state index contributed by atoms with van der Waals surface area (Å²) in [5.41, 5.74) is 10.8. The van der Waals surface area contributed by atoms with Gasteiger partial charge in [-0.3, -0.25) is 4.98 Å². The summed E-state index contributed by atoms with van der Waals surface area (Å²) >= 11 is 0. The lowest BCUT2D eigenvalue weighted by molar-refractivity contribution is 1.42. The van der Waals surface area contributed by atoms with Gasteiger partial charge in [-0.2, -0.15) is 0 Å². The molecule has 0 saturated carbocycles. The van der Waals surface area contributed by atoms with E-state index < -0.39 is 0 Å². The molecule has 0 aliphatic heterocycles. The fraction of sp³-hybridized carbons (Fsp3) is 0. The molecule has 0 fully saturated rings. The Kier molecular flexibility index (Phi) is 6.57. The van der Waals surface area contributed by atoms with Crippen molar-refractivity contribution in [2.45, 2.75) is 0 Å². The van der Waals surface area contributed by atoms with E-state index >= 15 is 0 Å². The topological polar surface area (TPSA) is 12.9 Å². The molecule has 0 aliphatic carbocycles. The average Bonchev–Trinajstić information content (AvgIpc) is 3.19. The lowest BCUT2D eigenvalue weighted by Gasteiger charge is -2.19. The van der Waals surface area contributed by atoms with Crippen LogP contribution in [0.5, 0.6) is 0 Å². The average molecular weight is 634 g/mol. The molecule has 50 heavy (non-hydrogen) atoms. The van der Waals surface area contributed by atoms with Crippen molar-refractivity contribution in [3.63, 3.8) is 0 Å². The predicted octanol–water partition coefficient (Wildman–Crippen LogP) is 13.5. The van der Waals surface area contributed by atoms with Gasteiger partial charge in [-0.1, -0.05) is 176 Å². The number of benzene rings is 9. The first-order chi connectivity index (χ1) is 24.8. The van der Waals surface area contributed by atoms with Crippen LogP contribution in [-0.4, -0.2) is 4.98 Å². The number of fused-ring (bicyclic) bond motifs is 5. The molecule has 0 unspecified atom stereocenters. The molecule has 1 nitrogen and oxygen atoms in total. The van der Waals surface area contributed by atoms with Crippen molar-refractivity contribution in [2.24, 2.45) is 0 Å². The smallest absolute Gasteiger partial charge is 0.0792 e. The molecule has 10 rings (SSSR count). The van der Waals surface area contributed by atoms with Crippen LogP contribution < -0.4 is 0 Å². The largest absolute Gasteiger partial charge is 0.256 e. The second-order valence-electron chi connectivity index (χ2n) is 13.0. The van der Waals surface area contributed by atoms with Gasteiger partial charge in [0.15, 0.2) is 0 Å². The molecule has 0 bridgehead atoms. The number of pyridine rings is 1. The van der Waals surface area contributed by atoms with Crippen LogP contribution in [-0.2, 0) is 0 Å². The summed E-state index contributed by atoms with van der Waals surface area (Å²) in [7, 11) is 0. The second kappa shape index (κ2) is 11.5. The first-order valence-corrected chi connectivity index (χ1v) is 17.2.